The summed E-state index contributed by atoms with van der Waals surface area (Å²) < 4.78 is 6.15. The molecule has 2 unspecified atom stereocenters. The van der Waals surface area contributed by atoms with Crippen molar-refractivity contribution in [2.45, 2.75) is 38.3 Å². The monoisotopic (exact) mass is 385 g/mol. The van der Waals surface area contributed by atoms with Gasteiger partial charge < -0.3 is 9.64 Å². The van der Waals surface area contributed by atoms with E-state index in [9.17, 15) is 4.79 Å². The van der Waals surface area contributed by atoms with Gasteiger partial charge in [-0.05, 0) is 61.6 Å². The molecule has 1 amide bonds. The average Bonchev–Trinajstić information content (AvgIpc) is 2.80. The van der Waals surface area contributed by atoms with E-state index >= 15 is 0 Å². The van der Waals surface area contributed by atoms with Crippen molar-refractivity contribution in [3.05, 3.63) is 90.5 Å². The highest BCUT2D eigenvalue weighted by atomic mass is 16.5. The van der Waals surface area contributed by atoms with E-state index in [0.717, 1.165) is 48.2 Å². The van der Waals surface area contributed by atoms with Crippen molar-refractivity contribution < 1.29 is 9.53 Å². The molecule has 29 heavy (non-hydrogen) atoms. The van der Waals surface area contributed by atoms with Crippen molar-refractivity contribution in [1.82, 2.24) is 4.90 Å². The van der Waals surface area contributed by atoms with Gasteiger partial charge in [0.25, 0.3) is 5.91 Å². The number of nitrogens with zero attached hydrogens (tertiary/aromatic N) is 1. The topological polar surface area (TPSA) is 29.5 Å². The summed E-state index contributed by atoms with van der Waals surface area (Å²) in [5, 5.41) is 0. The maximum Gasteiger partial charge on any atom is 0.254 e. The molecule has 0 aromatic heterocycles. The molecule has 4 rings (SSSR count). The van der Waals surface area contributed by atoms with Crippen LogP contribution < -0.4 is 4.74 Å². The van der Waals surface area contributed by atoms with Gasteiger partial charge in [0.05, 0.1) is 6.04 Å². The lowest BCUT2D eigenvalue weighted by molar-refractivity contribution is 0.0353. The first-order valence-electron chi connectivity index (χ1n) is 10.4. The lowest BCUT2D eigenvalue weighted by atomic mass is 9.96. The molecule has 3 aromatic rings. The maximum atomic E-state index is 13.3. The molecule has 0 saturated carbocycles. The first-order valence-corrected chi connectivity index (χ1v) is 10.4. The van der Waals surface area contributed by atoms with Crippen LogP contribution in [0.3, 0.4) is 0 Å². The van der Waals surface area contributed by atoms with Crippen LogP contribution in [0.5, 0.6) is 5.75 Å². The molecular weight excluding hydrogens is 358 g/mol. The molecule has 1 aliphatic rings. The molecule has 0 N–H and O–H groups in total. The van der Waals surface area contributed by atoms with Gasteiger partial charge in [-0.1, -0.05) is 60.7 Å². The third kappa shape index (κ3) is 4.51. The van der Waals surface area contributed by atoms with Gasteiger partial charge >= 0.3 is 0 Å². The molecule has 2 atom stereocenters. The van der Waals surface area contributed by atoms with Crippen molar-refractivity contribution in [3.63, 3.8) is 0 Å². The first-order chi connectivity index (χ1) is 14.2. The Hall–Kier alpha value is -3.07. The number of hydrogen-bond donors (Lipinski definition) is 0. The summed E-state index contributed by atoms with van der Waals surface area (Å²) in [5.41, 5.74) is 3.02. The Balaban J connectivity index is 1.49. The Morgan fingerprint density at radius 3 is 2.17 bits per heavy atom. The number of likely N-dealkylation sites (tertiary alicyclic amines) is 1. The van der Waals surface area contributed by atoms with Crippen molar-refractivity contribution in [2.75, 3.05) is 6.54 Å². The molecule has 1 heterocycles. The van der Waals surface area contributed by atoms with Gasteiger partial charge in [-0.25, -0.2) is 0 Å². The second kappa shape index (κ2) is 8.95. The van der Waals surface area contributed by atoms with Crippen LogP contribution in [-0.4, -0.2) is 29.5 Å². The molecule has 0 bridgehead atoms. The minimum atomic E-state index is -0.0507. The number of hydrogen-bond acceptors (Lipinski definition) is 2. The van der Waals surface area contributed by atoms with E-state index in [4.69, 9.17) is 4.74 Å². The smallest absolute Gasteiger partial charge is 0.254 e. The molecule has 0 aliphatic carbocycles. The lowest BCUT2D eigenvalue weighted by Crippen LogP contribution is -2.50. The van der Waals surface area contributed by atoms with Crippen LogP contribution in [-0.2, 0) is 0 Å². The Morgan fingerprint density at radius 1 is 0.862 bits per heavy atom. The summed E-state index contributed by atoms with van der Waals surface area (Å²) in [6, 6.07) is 28.1. The largest absolute Gasteiger partial charge is 0.489 e. The number of piperidine rings is 1. The highest BCUT2D eigenvalue weighted by molar-refractivity contribution is 5.95. The van der Waals surface area contributed by atoms with Crippen molar-refractivity contribution in [2.24, 2.45) is 0 Å². The molecule has 0 spiro atoms. The lowest BCUT2D eigenvalue weighted by Gasteiger charge is -2.39. The van der Waals surface area contributed by atoms with Gasteiger partial charge in [0.2, 0.25) is 0 Å². The fraction of sp³-hybridized carbons (Fsp3) is 0.269. The molecule has 0 radical (unpaired) electrons. The van der Waals surface area contributed by atoms with Crippen LogP contribution in [0.15, 0.2) is 84.9 Å². The van der Waals surface area contributed by atoms with Crippen LogP contribution in [0.1, 0.15) is 36.5 Å². The third-order valence-corrected chi connectivity index (χ3v) is 5.66. The van der Waals surface area contributed by atoms with Gasteiger partial charge in [0.15, 0.2) is 0 Å². The van der Waals surface area contributed by atoms with E-state index in [2.05, 4.69) is 19.1 Å². The fourth-order valence-electron chi connectivity index (χ4n) is 4.09. The highest BCUT2D eigenvalue weighted by Gasteiger charge is 2.32. The zero-order valence-corrected chi connectivity index (χ0v) is 16.8. The number of carbonyl (C=O) groups excluding carboxylic acids is 1. The van der Waals surface area contributed by atoms with Crippen LogP contribution >= 0.6 is 0 Å². The van der Waals surface area contributed by atoms with Crippen molar-refractivity contribution >= 4 is 5.91 Å². The molecular formula is C26H27NO2. The number of amides is 1. The second-order valence-electron chi connectivity index (χ2n) is 7.64. The number of benzene rings is 3. The van der Waals surface area contributed by atoms with E-state index < -0.39 is 0 Å². The Kier molecular flexibility index (Phi) is 5.95. The number of ether oxygens (including phenoxy) is 1. The summed E-state index contributed by atoms with van der Waals surface area (Å²) in [7, 11) is 0. The molecule has 1 saturated heterocycles. The zero-order chi connectivity index (χ0) is 20.1. The number of carbonyl (C=O) groups is 1. The predicted molar refractivity (Wildman–Crippen MR) is 117 cm³/mol. The number of para-hydroxylation sites is 1. The second-order valence-corrected chi connectivity index (χ2v) is 7.64. The van der Waals surface area contributed by atoms with Crippen LogP contribution in [0, 0.1) is 0 Å². The van der Waals surface area contributed by atoms with E-state index in [1.165, 1.54) is 0 Å². The first kappa shape index (κ1) is 19.3. The average molecular weight is 386 g/mol. The summed E-state index contributed by atoms with van der Waals surface area (Å²) in [4.78, 5) is 15.3. The molecule has 3 heteroatoms. The van der Waals surface area contributed by atoms with Crippen LogP contribution in [0.4, 0.5) is 0 Å². The van der Waals surface area contributed by atoms with Gasteiger partial charge in [-0.3, -0.25) is 4.79 Å². The Morgan fingerprint density at radius 2 is 1.48 bits per heavy atom. The maximum absolute atomic E-state index is 13.3. The van der Waals surface area contributed by atoms with Gasteiger partial charge in [-0.2, -0.15) is 0 Å². The standard InChI is InChI=1S/C26H27NO2/c1-20(29-24-12-6-3-7-13-24)25-14-8-9-19-27(25)26(28)23-17-15-22(16-18-23)21-10-4-2-5-11-21/h2-7,10-13,15-18,20,25H,8-9,14,19H2,1H3. The highest BCUT2D eigenvalue weighted by Crippen LogP contribution is 2.26. The minimum absolute atomic E-state index is 0.0507. The van der Waals surface area contributed by atoms with Crippen LogP contribution in [0.2, 0.25) is 0 Å². The summed E-state index contributed by atoms with van der Waals surface area (Å²) in [6.07, 6.45) is 3.10. The molecule has 1 aliphatic heterocycles. The fourth-order valence-corrected chi connectivity index (χ4v) is 4.09. The van der Waals surface area contributed by atoms with Gasteiger partial charge in [0, 0.05) is 12.1 Å². The minimum Gasteiger partial charge on any atom is -0.489 e. The Bertz CT molecular complexity index is 922. The molecule has 148 valence electrons. The molecule has 1 fully saturated rings. The van der Waals surface area contributed by atoms with E-state index in [-0.39, 0.29) is 18.1 Å². The summed E-state index contributed by atoms with van der Waals surface area (Å²) in [5.74, 6) is 0.947. The zero-order valence-electron chi connectivity index (χ0n) is 16.8. The normalized spacial score (nSPS) is 17.6. The quantitative estimate of drug-likeness (QED) is 0.554. The Labute approximate surface area is 172 Å². The summed E-state index contributed by atoms with van der Waals surface area (Å²) >= 11 is 0. The van der Waals surface area contributed by atoms with E-state index in [0.29, 0.717) is 0 Å². The van der Waals surface area contributed by atoms with Crippen molar-refractivity contribution in [3.8, 4) is 16.9 Å². The molecule has 3 nitrogen and oxygen atoms in total. The van der Waals surface area contributed by atoms with Gasteiger partial charge in [-0.15, -0.1) is 0 Å². The molecule has 3 aromatic carbocycles. The van der Waals surface area contributed by atoms with Crippen LogP contribution in [0.25, 0.3) is 11.1 Å². The SMILES string of the molecule is CC(Oc1ccccc1)C1CCCCN1C(=O)c1ccc(-c2ccccc2)cc1. The van der Waals surface area contributed by atoms with E-state index in [1.807, 2.05) is 77.7 Å². The number of rotatable bonds is 5. The third-order valence-electron chi connectivity index (χ3n) is 5.66. The van der Waals surface area contributed by atoms with E-state index in [1.54, 1.807) is 0 Å². The van der Waals surface area contributed by atoms with Gasteiger partial charge in [0.1, 0.15) is 11.9 Å². The van der Waals surface area contributed by atoms with Crippen molar-refractivity contribution in [1.29, 1.82) is 0 Å². The summed E-state index contributed by atoms with van der Waals surface area (Å²) in [6.45, 7) is 2.86. The predicted octanol–water partition coefficient (Wildman–Crippen LogP) is 5.82.